The number of ketones is 1. The quantitative estimate of drug-likeness (QED) is 0.681. The molecule has 2 saturated carbocycles. The number of hydrogen-bond acceptors (Lipinski definition) is 1. The largest absolute Gasteiger partial charge is 0.300 e. The van der Waals surface area contributed by atoms with Crippen molar-refractivity contribution < 1.29 is 9.18 Å². The summed E-state index contributed by atoms with van der Waals surface area (Å²) in [6.45, 7) is 3.72. The first-order chi connectivity index (χ1) is 6.65. The predicted molar refractivity (Wildman–Crippen MR) is 53.7 cm³/mol. The van der Waals surface area contributed by atoms with Gasteiger partial charge in [-0.2, -0.15) is 0 Å². The normalized spacial score (nSPS) is 45.8. The van der Waals surface area contributed by atoms with Crippen LogP contribution in [0.25, 0.3) is 0 Å². The summed E-state index contributed by atoms with van der Waals surface area (Å²) in [5.41, 5.74) is 0. The average Bonchev–Trinajstić information content (AvgIpc) is 2.77. The van der Waals surface area contributed by atoms with Crippen molar-refractivity contribution in [2.45, 2.75) is 45.7 Å². The summed E-state index contributed by atoms with van der Waals surface area (Å²) in [6, 6.07) is 0. The fraction of sp³-hybridized carbons (Fsp3) is 0.917. The lowest BCUT2D eigenvalue weighted by Crippen LogP contribution is -2.27. The zero-order valence-corrected chi connectivity index (χ0v) is 9.00. The van der Waals surface area contributed by atoms with Crippen molar-refractivity contribution in [1.29, 1.82) is 0 Å². The van der Waals surface area contributed by atoms with E-state index in [9.17, 15) is 9.18 Å². The van der Waals surface area contributed by atoms with Gasteiger partial charge in [0.1, 0.15) is 12.0 Å². The van der Waals surface area contributed by atoms with Crippen LogP contribution < -0.4 is 0 Å². The molecule has 0 aromatic rings. The molecule has 2 aliphatic carbocycles. The van der Waals surface area contributed by atoms with E-state index >= 15 is 0 Å². The molecule has 2 aliphatic rings. The minimum atomic E-state index is -0.851. The van der Waals surface area contributed by atoms with Crippen molar-refractivity contribution in [3.8, 4) is 0 Å². The van der Waals surface area contributed by atoms with Crippen molar-refractivity contribution in [3.63, 3.8) is 0 Å². The molecule has 0 bridgehead atoms. The summed E-state index contributed by atoms with van der Waals surface area (Å²) in [5, 5.41) is 0. The number of hydrogen-bond donors (Lipinski definition) is 0. The lowest BCUT2D eigenvalue weighted by Gasteiger charge is -2.22. The number of carbonyl (C=O) groups excluding carboxylic acids is 1. The average molecular weight is 198 g/mol. The Hall–Kier alpha value is -0.400. The molecular formula is C12H19FO. The second-order valence-electron chi connectivity index (χ2n) is 4.98. The van der Waals surface area contributed by atoms with E-state index in [0.29, 0.717) is 18.3 Å². The molecule has 0 aromatic heterocycles. The second-order valence-corrected chi connectivity index (χ2v) is 4.98. The number of alkyl halides is 1. The highest BCUT2D eigenvalue weighted by Crippen LogP contribution is 2.59. The summed E-state index contributed by atoms with van der Waals surface area (Å²) in [6.07, 6.45) is 3.05. The Morgan fingerprint density at radius 3 is 2.57 bits per heavy atom. The van der Waals surface area contributed by atoms with Crippen molar-refractivity contribution in [3.05, 3.63) is 0 Å². The molecule has 0 amide bonds. The van der Waals surface area contributed by atoms with Gasteiger partial charge in [0.2, 0.25) is 0 Å². The van der Waals surface area contributed by atoms with Gasteiger partial charge in [0.05, 0.1) is 0 Å². The highest BCUT2D eigenvalue weighted by atomic mass is 19.1. The number of Topliss-reactive ketones (excluding diaryl/α,β-unsaturated/α-hetero) is 1. The van der Waals surface area contributed by atoms with Crippen molar-refractivity contribution in [1.82, 2.24) is 0 Å². The van der Waals surface area contributed by atoms with Crippen LogP contribution in [0.5, 0.6) is 0 Å². The van der Waals surface area contributed by atoms with Gasteiger partial charge in [-0.1, -0.05) is 19.8 Å². The van der Waals surface area contributed by atoms with Gasteiger partial charge in [-0.3, -0.25) is 4.79 Å². The van der Waals surface area contributed by atoms with Crippen LogP contribution in [0.2, 0.25) is 0 Å². The van der Waals surface area contributed by atoms with Crippen LogP contribution in [0, 0.1) is 23.7 Å². The predicted octanol–water partition coefficient (Wildman–Crippen LogP) is 2.99. The van der Waals surface area contributed by atoms with Crippen molar-refractivity contribution in [2.24, 2.45) is 23.7 Å². The van der Waals surface area contributed by atoms with E-state index in [-0.39, 0.29) is 11.7 Å². The smallest absolute Gasteiger partial charge is 0.135 e. The molecule has 80 valence electrons. The van der Waals surface area contributed by atoms with E-state index in [0.717, 1.165) is 12.3 Å². The molecule has 0 aliphatic heterocycles. The maximum atomic E-state index is 13.6. The van der Waals surface area contributed by atoms with Gasteiger partial charge in [-0.25, -0.2) is 4.39 Å². The highest BCUT2D eigenvalue weighted by Gasteiger charge is 2.55. The third-order valence-electron chi connectivity index (χ3n) is 4.11. The number of carbonyl (C=O) groups is 1. The Labute approximate surface area is 85.1 Å². The van der Waals surface area contributed by atoms with Gasteiger partial charge in [0.15, 0.2) is 0 Å². The molecule has 5 unspecified atom stereocenters. The molecular weight excluding hydrogens is 179 g/mol. The first kappa shape index (κ1) is 10.1. The Morgan fingerprint density at radius 2 is 2.00 bits per heavy atom. The van der Waals surface area contributed by atoms with Crippen LogP contribution in [-0.4, -0.2) is 12.0 Å². The lowest BCUT2D eigenvalue weighted by molar-refractivity contribution is -0.123. The van der Waals surface area contributed by atoms with Crippen LogP contribution in [0.15, 0.2) is 0 Å². The van der Waals surface area contributed by atoms with Gasteiger partial charge in [-0.15, -0.1) is 0 Å². The molecule has 0 heterocycles. The maximum Gasteiger partial charge on any atom is 0.135 e. The van der Waals surface area contributed by atoms with E-state index in [1.807, 2.05) is 0 Å². The lowest BCUT2D eigenvalue weighted by atomic mass is 9.85. The molecule has 0 spiro atoms. The Balaban J connectivity index is 1.95. The fourth-order valence-electron chi connectivity index (χ4n) is 3.27. The topological polar surface area (TPSA) is 17.1 Å². The molecule has 2 fully saturated rings. The van der Waals surface area contributed by atoms with Gasteiger partial charge >= 0.3 is 0 Å². The third-order valence-corrected chi connectivity index (χ3v) is 4.11. The van der Waals surface area contributed by atoms with E-state index in [4.69, 9.17) is 0 Å². The van der Waals surface area contributed by atoms with Gasteiger partial charge < -0.3 is 0 Å². The SMILES string of the molecule is CCCC1C2CC(F)C(C(C)=O)CC12. The first-order valence-electron chi connectivity index (χ1n) is 5.79. The molecule has 2 heteroatoms. The minimum absolute atomic E-state index is 0.0538. The second kappa shape index (κ2) is 3.63. The van der Waals surface area contributed by atoms with Crippen LogP contribution >= 0.6 is 0 Å². The number of fused-ring (bicyclic) bond motifs is 1. The molecule has 14 heavy (non-hydrogen) atoms. The minimum Gasteiger partial charge on any atom is -0.300 e. The number of halogens is 1. The highest BCUT2D eigenvalue weighted by molar-refractivity contribution is 5.79. The van der Waals surface area contributed by atoms with Gasteiger partial charge in [0, 0.05) is 5.92 Å². The van der Waals surface area contributed by atoms with Crippen molar-refractivity contribution >= 4 is 5.78 Å². The van der Waals surface area contributed by atoms with Crippen LogP contribution in [-0.2, 0) is 4.79 Å². The molecule has 0 N–H and O–H groups in total. The standard InChI is InChI=1S/C12H19FO/c1-3-4-8-10-5-9(7(2)14)12(13)6-11(8)10/h8-12H,3-6H2,1-2H3. The maximum absolute atomic E-state index is 13.6. The van der Waals surface area contributed by atoms with Gasteiger partial charge in [-0.05, 0) is 37.5 Å². The zero-order chi connectivity index (χ0) is 10.3. The molecule has 1 nitrogen and oxygen atoms in total. The first-order valence-corrected chi connectivity index (χ1v) is 5.79. The van der Waals surface area contributed by atoms with Crippen LogP contribution in [0.4, 0.5) is 4.39 Å². The zero-order valence-electron chi connectivity index (χ0n) is 9.00. The molecule has 0 saturated heterocycles. The fourth-order valence-corrected chi connectivity index (χ4v) is 3.27. The summed E-state index contributed by atoms with van der Waals surface area (Å²) in [4.78, 5) is 11.2. The summed E-state index contributed by atoms with van der Waals surface area (Å²) < 4.78 is 13.6. The molecule has 5 atom stereocenters. The van der Waals surface area contributed by atoms with E-state index in [2.05, 4.69) is 6.92 Å². The van der Waals surface area contributed by atoms with Crippen LogP contribution in [0.1, 0.15) is 39.5 Å². The number of rotatable bonds is 3. The monoisotopic (exact) mass is 198 g/mol. The van der Waals surface area contributed by atoms with Crippen LogP contribution in [0.3, 0.4) is 0 Å². The van der Waals surface area contributed by atoms with E-state index < -0.39 is 6.17 Å². The van der Waals surface area contributed by atoms with E-state index in [1.165, 1.54) is 19.8 Å². The van der Waals surface area contributed by atoms with Gasteiger partial charge in [0.25, 0.3) is 0 Å². The Bertz CT molecular complexity index is 234. The summed E-state index contributed by atoms with van der Waals surface area (Å²) >= 11 is 0. The summed E-state index contributed by atoms with van der Waals surface area (Å²) in [5.74, 6) is 1.80. The molecule has 0 aromatic carbocycles. The van der Waals surface area contributed by atoms with Crippen molar-refractivity contribution in [2.75, 3.05) is 0 Å². The molecule has 2 rings (SSSR count). The Kier molecular flexibility index (Phi) is 2.63. The summed E-state index contributed by atoms with van der Waals surface area (Å²) in [7, 11) is 0. The third kappa shape index (κ3) is 1.59. The van der Waals surface area contributed by atoms with E-state index in [1.54, 1.807) is 0 Å². The Morgan fingerprint density at radius 1 is 1.36 bits per heavy atom. The molecule has 0 radical (unpaired) electrons.